The Balaban J connectivity index is 0.000000332. The van der Waals surface area contributed by atoms with Crippen molar-refractivity contribution < 1.29 is 33.8 Å². The second-order valence-corrected chi connectivity index (χ2v) is 10.8. The lowest BCUT2D eigenvalue weighted by atomic mass is 10.0. The average Bonchev–Trinajstić information content (AvgIpc) is 3.42. The van der Waals surface area contributed by atoms with Crippen molar-refractivity contribution in [2.24, 2.45) is 5.73 Å². The molecule has 1 atom stereocenters. The van der Waals surface area contributed by atoms with Gasteiger partial charge in [0.05, 0.1) is 0 Å². The Morgan fingerprint density at radius 3 is 2.17 bits per heavy atom. The van der Waals surface area contributed by atoms with Gasteiger partial charge in [-0.2, -0.15) is 0 Å². The van der Waals surface area contributed by atoms with Crippen LogP contribution in [-0.4, -0.2) is 34.8 Å². The van der Waals surface area contributed by atoms with E-state index in [1.54, 1.807) is 57.2 Å². The number of fused-ring (bicyclic) bond motifs is 1. The molecule has 3 aromatic rings. The van der Waals surface area contributed by atoms with Gasteiger partial charge in [0.1, 0.15) is 12.2 Å². The van der Waals surface area contributed by atoms with E-state index in [0.29, 0.717) is 11.1 Å². The predicted octanol–water partition coefficient (Wildman–Crippen LogP) is 5.04. The molecule has 0 aliphatic heterocycles. The van der Waals surface area contributed by atoms with E-state index in [2.05, 4.69) is 10.6 Å². The molecule has 0 saturated carbocycles. The van der Waals surface area contributed by atoms with Crippen LogP contribution in [0.4, 0.5) is 9.59 Å². The number of aryl methyl sites for hydroxylation is 2. The third-order valence-electron chi connectivity index (χ3n) is 6.25. The Kier molecular flexibility index (Phi) is 11.1. The Morgan fingerprint density at radius 1 is 0.881 bits per heavy atom. The van der Waals surface area contributed by atoms with E-state index in [0.717, 1.165) is 24.0 Å². The monoisotopic (exact) mass is 575 g/mol. The molecule has 1 aliphatic carbocycles. The molecule has 0 spiro atoms. The second kappa shape index (κ2) is 14.7. The Labute approximate surface area is 245 Å². The molecule has 3 amide bonds. The van der Waals surface area contributed by atoms with Crippen molar-refractivity contribution in [3.63, 3.8) is 0 Å². The van der Waals surface area contributed by atoms with E-state index in [4.69, 9.17) is 15.2 Å². The molecule has 222 valence electrons. The minimum Gasteiger partial charge on any atom is -0.479 e. The highest BCUT2D eigenvalue weighted by atomic mass is 16.6. The third-order valence-corrected chi connectivity index (χ3v) is 6.25. The van der Waals surface area contributed by atoms with E-state index >= 15 is 0 Å². The number of amides is 3. The number of carbonyl (C=O) groups is 4. The zero-order chi connectivity index (χ0) is 30.7. The topological polar surface area (TPSA) is 157 Å². The number of nitrogens with two attached hydrogens (primary N) is 1. The van der Waals surface area contributed by atoms with Crippen molar-refractivity contribution in [3.8, 4) is 0 Å². The summed E-state index contributed by atoms with van der Waals surface area (Å²) in [5, 5.41) is 14.4. The number of rotatable bonds is 8. The number of benzene rings is 3. The number of alkyl carbamates (subject to hydrolysis) is 2. The molecular weight excluding hydrogens is 538 g/mol. The maximum absolute atomic E-state index is 12.0. The van der Waals surface area contributed by atoms with Gasteiger partial charge in [-0.25, -0.2) is 14.4 Å². The van der Waals surface area contributed by atoms with Crippen molar-refractivity contribution in [1.29, 1.82) is 0 Å². The molecular formula is C32H37N3O7. The van der Waals surface area contributed by atoms with Crippen molar-refractivity contribution in [2.75, 3.05) is 0 Å². The highest BCUT2D eigenvalue weighted by Crippen LogP contribution is 2.22. The first-order chi connectivity index (χ1) is 19.9. The lowest BCUT2D eigenvalue weighted by Gasteiger charge is -2.19. The molecule has 0 bridgehead atoms. The molecule has 0 saturated heterocycles. The number of carboxylic acid groups (broad SMARTS) is 1. The van der Waals surface area contributed by atoms with E-state index in [1.807, 2.05) is 36.4 Å². The van der Waals surface area contributed by atoms with Gasteiger partial charge in [0.2, 0.25) is 5.91 Å². The number of hydrogen-bond donors (Lipinski definition) is 4. The molecule has 0 aromatic heterocycles. The van der Waals surface area contributed by atoms with Crippen molar-refractivity contribution in [2.45, 2.75) is 64.8 Å². The van der Waals surface area contributed by atoms with E-state index < -0.39 is 29.8 Å². The van der Waals surface area contributed by atoms with Crippen LogP contribution in [0.5, 0.6) is 0 Å². The fourth-order valence-electron chi connectivity index (χ4n) is 4.21. The van der Waals surface area contributed by atoms with Crippen molar-refractivity contribution in [1.82, 2.24) is 10.6 Å². The lowest BCUT2D eigenvalue weighted by Crippen LogP contribution is -2.34. The quantitative estimate of drug-likeness (QED) is 0.293. The van der Waals surface area contributed by atoms with Gasteiger partial charge in [0.15, 0.2) is 6.04 Å². The number of ether oxygens (including phenoxy) is 2. The summed E-state index contributed by atoms with van der Waals surface area (Å²) in [6, 6.07) is 20.0. The summed E-state index contributed by atoms with van der Waals surface area (Å²) in [6.07, 6.45) is 2.07. The summed E-state index contributed by atoms with van der Waals surface area (Å²) in [4.78, 5) is 46.1. The van der Waals surface area contributed by atoms with Crippen LogP contribution in [0.3, 0.4) is 0 Å². The molecule has 1 unspecified atom stereocenters. The van der Waals surface area contributed by atoms with Gasteiger partial charge in [0.25, 0.3) is 0 Å². The largest absolute Gasteiger partial charge is 0.479 e. The normalized spacial score (nSPS) is 12.5. The molecule has 42 heavy (non-hydrogen) atoms. The summed E-state index contributed by atoms with van der Waals surface area (Å²) in [5.74, 6) is -1.55. The standard InChI is InChI=1S/C22H26N2O6.C10H11NO/c1-22(2,3)30-20(27)23-13-15-9-11-17(12-10-15)18(19(25)26)24-21(28)29-14-16-7-5-4-6-8-16;11-10(12)9-5-4-7-2-1-3-8(7)6-9/h4-12,18H,13-14H2,1-3H3,(H,23,27)(H,24,28)(H,25,26);4-6H,1-3H2,(H2,11,12). The summed E-state index contributed by atoms with van der Waals surface area (Å²) in [5.41, 5.74) is 9.80. The Morgan fingerprint density at radius 2 is 1.55 bits per heavy atom. The number of nitrogens with one attached hydrogen (secondary N) is 2. The molecule has 0 heterocycles. The zero-order valence-electron chi connectivity index (χ0n) is 24.0. The molecule has 4 rings (SSSR count). The van der Waals surface area contributed by atoms with Crippen LogP contribution in [0.25, 0.3) is 0 Å². The molecule has 10 heteroatoms. The van der Waals surface area contributed by atoms with E-state index in [9.17, 15) is 24.3 Å². The van der Waals surface area contributed by atoms with Gasteiger partial charge in [-0.1, -0.05) is 60.7 Å². The zero-order valence-corrected chi connectivity index (χ0v) is 24.0. The number of aliphatic carboxylic acids is 1. The van der Waals surface area contributed by atoms with Gasteiger partial charge < -0.3 is 30.9 Å². The van der Waals surface area contributed by atoms with Crippen molar-refractivity contribution in [3.05, 3.63) is 106 Å². The van der Waals surface area contributed by atoms with Crippen LogP contribution >= 0.6 is 0 Å². The predicted molar refractivity (Wildman–Crippen MR) is 157 cm³/mol. The third kappa shape index (κ3) is 10.3. The van der Waals surface area contributed by atoms with Crippen LogP contribution in [0, 0.1) is 0 Å². The van der Waals surface area contributed by atoms with Crippen LogP contribution in [0.15, 0.2) is 72.8 Å². The minimum absolute atomic E-state index is 0.0360. The van der Waals surface area contributed by atoms with Gasteiger partial charge in [-0.05, 0) is 80.0 Å². The first kappa shape index (κ1) is 31.7. The number of primary amides is 1. The molecule has 0 fully saturated rings. The average molecular weight is 576 g/mol. The summed E-state index contributed by atoms with van der Waals surface area (Å²) < 4.78 is 10.2. The SMILES string of the molecule is CC(C)(C)OC(=O)NCc1ccc(C(NC(=O)OCc2ccccc2)C(=O)O)cc1.NC(=O)c1ccc2c(c1)CCC2. The molecule has 10 nitrogen and oxygen atoms in total. The van der Waals surface area contributed by atoms with Crippen molar-refractivity contribution >= 4 is 24.1 Å². The maximum Gasteiger partial charge on any atom is 0.408 e. The van der Waals surface area contributed by atoms with Gasteiger partial charge in [0, 0.05) is 12.1 Å². The lowest BCUT2D eigenvalue weighted by molar-refractivity contribution is -0.139. The molecule has 1 aliphatic rings. The van der Waals surface area contributed by atoms with Crippen LogP contribution in [0.1, 0.15) is 71.4 Å². The molecule has 3 aromatic carbocycles. The molecule has 5 N–H and O–H groups in total. The van der Waals surface area contributed by atoms with Gasteiger partial charge in [-0.15, -0.1) is 0 Å². The number of carboxylic acids is 1. The summed E-state index contributed by atoms with van der Waals surface area (Å²) in [7, 11) is 0. The van der Waals surface area contributed by atoms with Crippen LogP contribution in [0.2, 0.25) is 0 Å². The highest BCUT2D eigenvalue weighted by Gasteiger charge is 2.23. The van der Waals surface area contributed by atoms with Crippen LogP contribution in [-0.2, 0) is 40.3 Å². The Hall–Kier alpha value is -4.86. The van der Waals surface area contributed by atoms with E-state index in [1.165, 1.54) is 17.5 Å². The fraction of sp³-hybridized carbons (Fsp3) is 0.312. The number of hydrogen-bond acceptors (Lipinski definition) is 6. The van der Waals surface area contributed by atoms with Crippen LogP contribution < -0.4 is 16.4 Å². The summed E-state index contributed by atoms with van der Waals surface area (Å²) in [6.45, 7) is 5.57. The highest BCUT2D eigenvalue weighted by molar-refractivity contribution is 5.93. The van der Waals surface area contributed by atoms with Gasteiger partial charge >= 0.3 is 18.2 Å². The minimum atomic E-state index is -1.26. The first-order valence-electron chi connectivity index (χ1n) is 13.6. The Bertz CT molecular complexity index is 1380. The summed E-state index contributed by atoms with van der Waals surface area (Å²) >= 11 is 0. The fourth-order valence-corrected chi connectivity index (χ4v) is 4.21. The molecule has 0 radical (unpaired) electrons. The smallest absolute Gasteiger partial charge is 0.408 e. The second-order valence-electron chi connectivity index (χ2n) is 10.8. The number of carbonyl (C=O) groups excluding carboxylic acids is 3. The van der Waals surface area contributed by atoms with Gasteiger partial charge in [-0.3, -0.25) is 4.79 Å². The van der Waals surface area contributed by atoms with E-state index in [-0.39, 0.29) is 19.1 Å². The maximum atomic E-state index is 12.0. The first-order valence-corrected chi connectivity index (χ1v) is 13.6.